The van der Waals surface area contributed by atoms with Crippen LogP contribution in [0.3, 0.4) is 0 Å². The van der Waals surface area contributed by atoms with Gasteiger partial charge in [-0.3, -0.25) is 4.79 Å². The second kappa shape index (κ2) is 8.51. The van der Waals surface area contributed by atoms with Gasteiger partial charge >= 0.3 is 0 Å². The quantitative estimate of drug-likeness (QED) is 0.849. The Labute approximate surface area is 125 Å². The van der Waals surface area contributed by atoms with Gasteiger partial charge in [0.1, 0.15) is 0 Å². The fourth-order valence-electron chi connectivity index (χ4n) is 1.58. The van der Waals surface area contributed by atoms with Gasteiger partial charge in [0.05, 0.1) is 22.8 Å². The average molecular weight is 306 g/mol. The number of aryl methyl sites for hydroxylation is 1. The smallest absolute Gasteiger partial charge is 0.237 e. The highest BCUT2D eigenvalue weighted by Gasteiger charge is 2.21. The van der Waals surface area contributed by atoms with Crippen LogP contribution in [0.1, 0.15) is 50.9 Å². The van der Waals surface area contributed by atoms with E-state index >= 15 is 0 Å². The summed E-state index contributed by atoms with van der Waals surface area (Å²) in [5, 5.41) is 6.02. The molecule has 0 saturated heterocycles. The van der Waals surface area contributed by atoms with Crippen molar-refractivity contribution >= 4 is 29.7 Å². The summed E-state index contributed by atoms with van der Waals surface area (Å²) in [5.74, 6) is 0.0988. The number of hydrogen-bond acceptors (Lipinski definition) is 4. The molecule has 3 N–H and O–H groups in total. The van der Waals surface area contributed by atoms with Crippen molar-refractivity contribution in [3.63, 3.8) is 0 Å². The molecule has 110 valence electrons. The van der Waals surface area contributed by atoms with Crippen LogP contribution in [0.4, 0.5) is 0 Å². The molecular formula is C13H24ClN3OS. The molecule has 0 aromatic carbocycles. The van der Waals surface area contributed by atoms with E-state index in [4.69, 9.17) is 5.73 Å². The Balaban J connectivity index is 0.00000324. The predicted octanol–water partition coefficient (Wildman–Crippen LogP) is 2.68. The van der Waals surface area contributed by atoms with Crippen molar-refractivity contribution in [2.45, 2.75) is 52.6 Å². The molecule has 3 atom stereocenters. The van der Waals surface area contributed by atoms with E-state index < -0.39 is 6.04 Å². The summed E-state index contributed by atoms with van der Waals surface area (Å²) >= 11 is 1.63. The molecule has 0 spiro atoms. The van der Waals surface area contributed by atoms with Crippen molar-refractivity contribution in [1.82, 2.24) is 10.3 Å². The van der Waals surface area contributed by atoms with E-state index in [1.807, 2.05) is 26.2 Å². The van der Waals surface area contributed by atoms with Gasteiger partial charge in [0, 0.05) is 5.38 Å². The second-order valence-electron chi connectivity index (χ2n) is 4.66. The van der Waals surface area contributed by atoms with Crippen LogP contribution in [-0.4, -0.2) is 16.9 Å². The zero-order chi connectivity index (χ0) is 13.7. The van der Waals surface area contributed by atoms with Gasteiger partial charge in [0.2, 0.25) is 5.91 Å². The molecule has 0 saturated carbocycles. The standard InChI is InChI=1S/C13H23N3OS.ClH/c1-5-8(3)12(14)13(17)15-9(4)10-7-18-11(6-2)16-10;/h7-9,12H,5-6,14H2,1-4H3,(H,15,17);1H. The van der Waals surface area contributed by atoms with Gasteiger partial charge in [-0.25, -0.2) is 4.98 Å². The summed E-state index contributed by atoms with van der Waals surface area (Å²) in [5.41, 5.74) is 6.82. The molecule has 0 aliphatic heterocycles. The van der Waals surface area contributed by atoms with Gasteiger partial charge in [0.15, 0.2) is 0 Å². The van der Waals surface area contributed by atoms with Gasteiger partial charge in [-0.15, -0.1) is 23.7 Å². The number of halogens is 1. The van der Waals surface area contributed by atoms with Crippen molar-refractivity contribution in [2.75, 3.05) is 0 Å². The van der Waals surface area contributed by atoms with E-state index in [0.717, 1.165) is 23.5 Å². The van der Waals surface area contributed by atoms with Crippen molar-refractivity contribution < 1.29 is 4.79 Å². The third kappa shape index (κ3) is 5.09. The van der Waals surface area contributed by atoms with E-state index in [-0.39, 0.29) is 30.3 Å². The van der Waals surface area contributed by atoms with Gasteiger partial charge in [-0.05, 0) is 19.3 Å². The first-order chi connectivity index (χ1) is 8.49. The second-order valence-corrected chi connectivity index (χ2v) is 5.60. The number of hydrogen-bond donors (Lipinski definition) is 2. The topological polar surface area (TPSA) is 68.0 Å². The lowest BCUT2D eigenvalue weighted by molar-refractivity contribution is -0.124. The highest BCUT2D eigenvalue weighted by molar-refractivity contribution is 7.09. The van der Waals surface area contributed by atoms with Gasteiger partial charge in [0.25, 0.3) is 0 Å². The molecule has 1 heterocycles. The number of nitrogens with two attached hydrogens (primary N) is 1. The number of aromatic nitrogens is 1. The van der Waals surface area contributed by atoms with E-state index in [1.54, 1.807) is 11.3 Å². The van der Waals surface area contributed by atoms with Crippen LogP contribution < -0.4 is 11.1 Å². The summed E-state index contributed by atoms with van der Waals surface area (Å²) in [7, 11) is 0. The lowest BCUT2D eigenvalue weighted by atomic mass is 9.99. The monoisotopic (exact) mass is 305 g/mol. The summed E-state index contributed by atoms with van der Waals surface area (Å²) in [4.78, 5) is 16.4. The van der Waals surface area contributed by atoms with Gasteiger partial charge in [-0.2, -0.15) is 0 Å². The van der Waals surface area contributed by atoms with E-state index in [0.29, 0.717) is 0 Å². The lowest BCUT2D eigenvalue weighted by Crippen LogP contribution is -2.45. The Kier molecular flexibility index (Phi) is 8.22. The molecule has 19 heavy (non-hydrogen) atoms. The SMILES string of the molecule is CCc1nc(C(C)NC(=O)C(N)C(C)CC)cs1.Cl. The minimum Gasteiger partial charge on any atom is -0.347 e. The number of carbonyl (C=O) groups excluding carboxylic acids is 1. The number of nitrogens with zero attached hydrogens (tertiary/aromatic N) is 1. The van der Waals surface area contributed by atoms with Crippen LogP contribution >= 0.6 is 23.7 Å². The minimum absolute atomic E-state index is 0. The third-order valence-electron chi connectivity index (χ3n) is 3.23. The summed E-state index contributed by atoms with van der Waals surface area (Å²) in [6.07, 6.45) is 1.83. The number of amides is 1. The molecular weight excluding hydrogens is 282 g/mol. The molecule has 1 amide bonds. The molecule has 3 unspecified atom stereocenters. The molecule has 0 fully saturated rings. The highest BCUT2D eigenvalue weighted by Crippen LogP contribution is 2.17. The zero-order valence-electron chi connectivity index (χ0n) is 12.0. The molecule has 1 rings (SSSR count). The number of rotatable bonds is 6. The molecule has 0 aliphatic carbocycles. The molecule has 1 aromatic heterocycles. The molecule has 0 radical (unpaired) electrons. The molecule has 1 aromatic rings. The molecule has 0 bridgehead atoms. The van der Waals surface area contributed by atoms with Gasteiger partial charge < -0.3 is 11.1 Å². The Morgan fingerprint density at radius 1 is 1.47 bits per heavy atom. The van der Waals surface area contributed by atoms with Crippen molar-refractivity contribution in [1.29, 1.82) is 0 Å². The fraction of sp³-hybridized carbons (Fsp3) is 0.692. The maximum atomic E-state index is 11.9. The van der Waals surface area contributed by atoms with Crippen molar-refractivity contribution in [3.8, 4) is 0 Å². The first kappa shape index (κ1) is 18.4. The van der Waals surface area contributed by atoms with Crippen molar-refractivity contribution in [2.24, 2.45) is 11.7 Å². The first-order valence-corrected chi connectivity index (χ1v) is 7.37. The van der Waals surface area contributed by atoms with Crippen LogP contribution in [0.25, 0.3) is 0 Å². The largest absolute Gasteiger partial charge is 0.347 e. The molecule has 4 nitrogen and oxygen atoms in total. The summed E-state index contributed by atoms with van der Waals surface area (Å²) in [6.45, 7) is 8.04. The molecule has 0 aliphatic rings. The van der Waals surface area contributed by atoms with Crippen LogP contribution in [0, 0.1) is 5.92 Å². The first-order valence-electron chi connectivity index (χ1n) is 6.49. The molecule has 6 heteroatoms. The maximum Gasteiger partial charge on any atom is 0.237 e. The zero-order valence-corrected chi connectivity index (χ0v) is 13.6. The fourth-order valence-corrected chi connectivity index (χ4v) is 2.42. The minimum atomic E-state index is -0.443. The third-order valence-corrected chi connectivity index (χ3v) is 4.25. The average Bonchev–Trinajstić information content (AvgIpc) is 2.85. The summed E-state index contributed by atoms with van der Waals surface area (Å²) < 4.78 is 0. The Morgan fingerprint density at radius 3 is 2.58 bits per heavy atom. The Hall–Kier alpha value is -0.650. The number of thiazole rings is 1. The van der Waals surface area contributed by atoms with E-state index in [2.05, 4.69) is 17.2 Å². The van der Waals surface area contributed by atoms with E-state index in [1.165, 1.54) is 0 Å². The van der Waals surface area contributed by atoms with Crippen LogP contribution in [0.15, 0.2) is 5.38 Å². The van der Waals surface area contributed by atoms with Crippen molar-refractivity contribution in [3.05, 3.63) is 16.1 Å². The van der Waals surface area contributed by atoms with Crippen LogP contribution in [0.5, 0.6) is 0 Å². The predicted molar refractivity (Wildman–Crippen MR) is 82.7 cm³/mol. The van der Waals surface area contributed by atoms with Crippen LogP contribution in [0.2, 0.25) is 0 Å². The highest BCUT2D eigenvalue weighted by atomic mass is 35.5. The number of nitrogens with one attached hydrogen (secondary N) is 1. The van der Waals surface area contributed by atoms with Gasteiger partial charge in [-0.1, -0.05) is 27.2 Å². The Morgan fingerprint density at radius 2 is 2.11 bits per heavy atom. The Bertz CT molecular complexity index is 397. The maximum absolute atomic E-state index is 11.9. The van der Waals surface area contributed by atoms with E-state index in [9.17, 15) is 4.79 Å². The van der Waals surface area contributed by atoms with Crippen LogP contribution in [-0.2, 0) is 11.2 Å². The number of carbonyl (C=O) groups is 1. The summed E-state index contributed by atoms with van der Waals surface area (Å²) in [6, 6.07) is -0.522. The lowest BCUT2D eigenvalue weighted by Gasteiger charge is -2.20. The normalized spacial score (nSPS) is 15.2.